The fourth-order valence-corrected chi connectivity index (χ4v) is 2.77. The van der Waals surface area contributed by atoms with Crippen molar-refractivity contribution in [2.24, 2.45) is 4.99 Å². The van der Waals surface area contributed by atoms with Crippen LogP contribution in [-0.2, 0) is 27.1 Å². The van der Waals surface area contributed by atoms with E-state index in [0.717, 1.165) is 16.7 Å². The molecule has 0 fully saturated rings. The Bertz CT molecular complexity index is 807. The highest BCUT2D eigenvalue weighted by molar-refractivity contribution is 5.95. The Morgan fingerprint density at radius 3 is 2.15 bits per heavy atom. The standard InChI is InChI=1S/C21H21NO4/c1-2-25-21(24)18-9-5-16(6-10-18)14-19(23)13-15-3-7-17(8-4-15)20-22-11-12-26-20/h3-10H,2,11-14H2,1H3. The van der Waals surface area contributed by atoms with Crippen molar-refractivity contribution in [2.45, 2.75) is 19.8 Å². The zero-order valence-electron chi connectivity index (χ0n) is 14.7. The van der Waals surface area contributed by atoms with Gasteiger partial charge in [-0.1, -0.05) is 24.3 Å². The number of benzene rings is 2. The molecule has 0 radical (unpaired) electrons. The fourth-order valence-electron chi connectivity index (χ4n) is 2.77. The van der Waals surface area contributed by atoms with Gasteiger partial charge < -0.3 is 9.47 Å². The smallest absolute Gasteiger partial charge is 0.338 e. The largest absolute Gasteiger partial charge is 0.476 e. The number of carbonyl (C=O) groups excluding carboxylic acids is 2. The Morgan fingerprint density at radius 1 is 1.00 bits per heavy atom. The molecule has 134 valence electrons. The number of esters is 1. The van der Waals surface area contributed by atoms with Crippen LogP contribution >= 0.6 is 0 Å². The highest BCUT2D eigenvalue weighted by Gasteiger charge is 2.11. The van der Waals surface area contributed by atoms with Crippen LogP contribution in [0, 0.1) is 0 Å². The number of aliphatic imine (C=N–C) groups is 1. The molecule has 0 aromatic heterocycles. The highest BCUT2D eigenvalue weighted by Crippen LogP contribution is 2.12. The molecule has 0 N–H and O–H groups in total. The van der Waals surface area contributed by atoms with E-state index in [-0.39, 0.29) is 11.8 Å². The van der Waals surface area contributed by atoms with Gasteiger partial charge in [0.15, 0.2) is 0 Å². The number of nitrogens with zero attached hydrogens (tertiary/aromatic N) is 1. The van der Waals surface area contributed by atoms with Gasteiger partial charge in [-0.15, -0.1) is 0 Å². The Hall–Kier alpha value is -2.95. The Balaban J connectivity index is 1.56. The van der Waals surface area contributed by atoms with E-state index in [9.17, 15) is 9.59 Å². The Labute approximate surface area is 152 Å². The summed E-state index contributed by atoms with van der Waals surface area (Å²) in [5.74, 6) is 0.446. The molecule has 0 bridgehead atoms. The molecule has 0 saturated heterocycles. The van der Waals surface area contributed by atoms with Crippen LogP contribution in [0.5, 0.6) is 0 Å². The van der Waals surface area contributed by atoms with Crippen molar-refractivity contribution in [3.63, 3.8) is 0 Å². The number of ketones is 1. The molecule has 0 spiro atoms. The number of rotatable bonds is 7. The van der Waals surface area contributed by atoms with E-state index in [1.165, 1.54) is 0 Å². The molecule has 2 aromatic rings. The fraction of sp³-hybridized carbons (Fsp3) is 0.286. The van der Waals surface area contributed by atoms with Crippen LogP contribution in [0.4, 0.5) is 0 Å². The third kappa shape index (κ3) is 4.57. The van der Waals surface area contributed by atoms with Crippen LogP contribution in [0.1, 0.15) is 34.0 Å². The minimum absolute atomic E-state index is 0.121. The highest BCUT2D eigenvalue weighted by atomic mass is 16.5. The third-order valence-corrected chi connectivity index (χ3v) is 4.05. The van der Waals surface area contributed by atoms with Crippen molar-refractivity contribution in [2.75, 3.05) is 19.8 Å². The molecule has 0 unspecified atom stereocenters. The molecule has 1 aliphatic rings. The van der Waals surface area contributed by atoms with E-state index in [4.69, 9.17) is 9.47 Å². The molecule has 5 heteroatoms. The van der Waals surface area contributed by atoms with Crippen molar-refractivity contribution in [1.29, 1.82) is 0 Å². The van der Waals surface area contributed by atoms with Crippen LogP contribution in [0.2, 0.25) is 0 Å². The van der Waals surface area contributed by atoms with E-state index in [0.29, 0.717) is 44.1 Å². The lowest BCUT2D eigenvalue weighted by Crippen LogP contribution is -2.08. The summed E-state index contributed by atoms with van der Waals surface area (Å²) < 4.78 is 10.4. The molecule has 26 heavy (non-hydrogen) atoms. The van der Waals surface area contributed by atoms with E-state index in [1.807, 2.05) is 24.3 Å². The van der Waals surface area contributed by atoms with Gasteiger partial charge in [-0.3, -0.25) is 4.79 Å². The number of ether oxygens (including phenoxy) is 2. The number of carbonyl (C=O) groups is 2. The molecule has 0 saturated carbocycles. The van der Waals surface area contributed by atoms with Gasteiger partial charge in [-0.25, -0.2) is 9.79 Å². The average Bonchev–Trinajstić information content (AvgIpc) is 3.18. The normalized spacial score (nSPS) is 13.0. The summed E-state index contributed by atoms with van der Waals surface area (Å²) >= 11 is 0. The SMILES string of the molecule is CCOC(=O)c1ccc(CC(=O)Cc2ccc(C3=NCCO3)cc2)cc1. The van der Waals surface area contributed by atoms with Crippen molar-refractivity contribution in [3.05, 3.63) is 70.8 Å². The van der Waals surface area contributed by atoms with Crippen molar-refractivity contribution >= 4 is 17.7 Å². The van der Waals surface area contributed by atoms with E-state index >= 15 is 0 Å². The van der Waals surface area contributed by atoms with Crippen LogP contribution < -0.4 is 0 Å². The number of hydrogen-bond acceptors (Lipinski definition) is 5. The van der Waals surface area contributed by atoms with Gasteiger partial charge in [0.2, 0.25) is 5.90 Å². The van der Waals surface area contributed by atoms with Crippen molar-refractivity contribution in [1.82, 2.24) is 0 Å². The van der Waals surface area contributed by atoms with Gasteiger partial charge in [0.25, 0.3) is 0 Å². The predicted octanol–water partition coefficient (Wildman–Crippen LogP) is 2.99. The lowest BCUT2D eigenvalue weighted by atomic mass is 10.0. The number of hydrogen-bond donors (Lipinski definition) is 0. The number of Topliss-reactive ketones (excluding diaryl/α,β-unsaturated/α-hetero) is 1. The molecule has 0 atom stereocenters. The van der Waals surface area contributed by atoms with Gasteiger partial charge in [0.1, 0.15) is 12.4 Å². The van der Waals surface area contributed by atoms with Crippen LogP contribution in [0.15, 0.2) is 53.5 Å². The third-order valence-electron chi connectivity index (χ3n) is 4.05. The summed E-state index contributed by atoms with van der Waals surface area (Å²) in [5.41, 5.74) is 3.28. The summed E-state index contributed by atoms with van der Waals surface area (Å²) in [6.45, 7) is 3.44. The summed E-state index contributed by atoms with van der Waals surface area (Å²) in [6, 6.07) is 14.7. The first-order chi connectivity index (χ1) is 12.7. The second kappa shape index (κ2) is 8.43. The topological polar surface area (TPSA) is 65.0 Å². The molecule has 1 aliphatic heterocycles. The van der Waals surface area contributed by atoms with Gasteiger partial charge in [-0.05, 0) is 42.3 Å². The first kappa shape index (κ1) is 17.9. The van der Waals surface area contributed by atoms with Crippen molar-refractivity contribution in [3.8, 4) is 0 Å². The van der Waals surface area contributed by atoms with Gasteiger partial charge in [0, 0.05) is 18.4 Å². The van der Waals surface area contributed by atoms with Gasteiger partial charge >= 0.3 is 5.97 Å². The van der Waals surface area contributed by atoms with Gasteiger partial charge in [-0.2, -0.15) is 0 Å². The molecule has 0 aliphatic carbocycles. The van der Waals surface area contributed by atoms with E-state index in [2.05, 4.69) is 4.99 Å². The molecule has 3 rings (SSSR count). The summed E-state index contributed by atoms with van der Waals surface area (Å²) in [6.07, 6.45) is 0.702. The first-order valence-electron chi connectivity index (χ1n) is 8.70. The Kier molecular flexibility index (Phi) is 5.79. The lowest BCUT2D eigenvalue weighted by molar-refractivity contribution is -0.117. The van der Waals surface area contributed by atoms with E-state index in [1.54, 1.807) is 31.2 Å². The average molecular weight is 351 g/mol. The molecular weight excluding hydrogens is 330 g/mol. The summed E-state index contributed by atoms with van der Waals surface area (Å²) in [7, 11) is 0. The first-order valence-corrected chi connectivity index (χ1v) is 8.70. The van der Waals surface area contributed by atoms with Crippen LogP contribution in [0.25, 0.3) is 0 Å². The van der Waals surface area contributed by atoms with Crippen LogP contribution in [-0.4, -0.2) is 37.4 Å². The summed E-state index contributed by atoms with van der Waals surface area (Å²) in [4.78, 5) is 28.2. The maximum atomic E-state index is 12.3. The molecule has 2 aromatic carbocycles. The molecule has 5 nitrogen and oxygen atoms in total. The zero-order valence-corrected chi connectivity index (χ0v) is 14.7. The van der Waals surface area contributed by atoms with E-state index < -0.39 is 0 Å². The lowest BCUT2D eigenvalue weighted by Gasteiger charge is -2.06. The molecular formula is C21H21NO4. The molecule has 0 amide bonds. The zero-order chi connectivity index (χ0) is 18.4. The van der Waals surface area contributed by atoms with Crippen LogP contribution in [0.3, 0.4) is 0 Å². The minimum atomic E-state index is -0.346. The summed E-state index contributed by atoms with van der Waals surface area (Å²) in [5, 5.41) is 0. The Morgan fingerprint density at radius 2 is 1.62 bits per heavy atom. The second-order valence-corrected chi connectivity index (χ2v) is 6.04. The predicted molar refractivity (Wildman–Crippen MR) is 98.6 cm³/mol. The minimum Gasteiger partial charge on any atom is -0.476 e. The maximum Gasteiger partial charge on any atom is 0.338 e. The van der Waals surface area contributed by atoms with Crippen molar-refractivity contribution < 1.29 is 19.1 Å². The quantitative estimate of drug-likeness (QED) is 0.720. The van der Waals surface area contributed by atoms with Gasteiger partial charge in [0.05, 0.1) is 18.7 Å². The molecule has 1 heterocycles. The maximum absolute atomic E-state index is 12.3. The second-order valence-electron chi connectivity index (χ2n) is 6.04. The monoisotopic (exact) mass is 351 g/mol.